The predicted molar refractivity (Wildman–Crippen MR) is 86.5 cm³/mol. The van der Waals surface area contributed by atoms with Crippen molar-refractivity contribution in [3.05, 3.63) is 63.5 Å². The quantitative estimate of drug-likeness (QED) is 0.479. The Kier molecular flexibility index (Phi) is 5.31. The second kappa shape index (κ2) is 7.40. The van der Waals surface area contributed by atoms with E-state index in [2.05, 4.69) is 5.32 Å². The summed E-state index contributed by atoms with van der Waals surface area (Å²) in [5.41, 5.74) is 6.45. The van der Waals surface area contributed by atoms with Gasteiger partial charge in [0.2, 0.25) is 0 Å². The molecule has 126 valence electrons. The average Bonchev–Trinajstić information content (AvgIpc) is 2.56. The Labute approximate surface area is 137 Å². The van der Waals surface area contributed by atoms with Gasteiger partial charge in [-0.05, 0) is 30.2 Å². The smallest absolute Gasteiger partial charge is 0.270 e. The van der Waals surface area contributed by atoms with Crippen molar-refractivity contribution in [2.24, 2.45) is 0 Å². The minimum Gasteiger partial charge on any atom is -0.494 e. The summed E-state index contributed by atoms with van der Waals surface area (Å²) in [5, 5.41) is 13.4. The molecule has 0 bridgehead atoms. The first-order valence-electron chi connectivity index (χ1n) is 7.07. The number of hydrogen-bond acceptors (Lipinski definition) is 5. The van der Waals surface area contributed by atoms with Crippen molar-refractivity contribution in [1.29, 1.82) is 0 Å². The lowest BCUT2D eigenvalue weighted by atomic mass is 10.1. The summed E-state index contributed by atoms with van der Waals surface area (Å²) in [6, 6.07) is 8.10. The number of carbonyl (C=O) groups excluding carboxylic acids is 1. The Balaban J connectivity index is 2.01. The van der Waals surface area contributed by atoms with Crippen LogP contribution in [0.3, 0.4) is 0 Å². The van der Waals surface area contributed by atoms with Crippen molar-refractivity contribution in [2.45, 2.75) is 6.42 Å². The molecule has 2 rings (SSSR count). The number of carbonyl (C=O) groups is 1. The van der Waals surface area contributed by atoms with E-state index in [9.17, 15) is 19.3 Å². The number of rotatable bonds is 6. The van der Waals surface area contributed by atoms with E-state index in [4.69, 9.17) is 10.5 Å². The molecule has 0 heterocycles. The van der Waals surface area contributed by atoms with E-state index >= 15 is 0 Å². The summed E-state index contributed by atoms with van der Waals surface area (Å²) < 4.78 is 18.2. The first-order valence-corrected chi connectivity index (χ1v) is 7.07. The van der Waals surface area contributed by atoms with Crippen LogP contribution in [0.15, 0.2) is 36.4 Å². The standard InChI is InChI=1S/C16H16FN3O4/c1-24-15-8-10(2-4-13(15)17)6-7-19-16(21)12-9-11(20(22)23)3-5-14(12)18/h2-5,8-9H,6-7,18H2,1H3,(H,19,21). The first-order chi connectivity index (χ1) is 11.4. The molecule has 0 aliphatic rings. The van der Waals surface area contributed by atoms with E-state index in [1.54, 1.807) is 12.1 Å². The van der Waals surface area contributed by atoms with Crippen LogP contribution < -0.4 is 15.8 Å². The maximum absolute atomic E-state index is 13.3. The van der Waals surface area contributed by atoms with E-state index < -0.39 is 16.6 Å². The molecule has 3 N–H and O–H groups in total. The molecule has 1 amide bonds. The molecule has 0 saturated heterocycles. The van der Waals surface area contributed by atoms with Gasteiger partial charge < -0.3 is 15.8 Å². The molecule has 0 radical (unpaired) electrons. The molecular formula is C16H16FN3O4. The van der Waals surface area contributed by atoms with Gasteiger partial charge in [-0.1, -0.05) is 6.07 Å². The predicted octanol–water partition coefficient (Wildman–Crippen LogP) is 2.30. The molecule has 2 aromatic carbocycles. The number of anilines is 1. The van der Waals surface area contributed by atoms with Crippen molar-refractivity contribution in [3.63, 3.8) is 0 Å². The third-order valence-corrected chi connectivity index (χ3v) is 3.41. The summed E-state index contributed by atoms with van der Waals surface area (Å²) in [7, 11) is 1.37. The average molecular weight is 333 g/mol. The van der Waals surface area contributed by atoms with Gasteiger partial charge in [-0.2, -0.15) is 0 Å². The number of methoxy groups -OCH3 is 1. The van der Waals surface area contributed by atoms with Crippen LogP contribution in [0.25, 0.3) is 0 Å². The lowest BCUT2D eigenvalue weighted by molar-refractivity contribution is -0.384. The van der Waals surface area contributed by atoms with Gasteiger partial charge in [0.15, 0.2) is 11.6 Å². The van der Waals surface area contributed by atoms with Crippen molar-refractivity contribution in [3.8, 4) is 5.75 Å². The Bertz CT molecular complexity index is 780. The number of nitrogen functional groups attached to an aromatic ring is 1. The highest BCUT2D eigenvalue weighted by atomic mass is 19.1. The number of benzene rings is 2. The lowest BCUT2D eigenvalue weighted by Crippen LogP contribution is -2.26. The maximum atomic E-state index is 13.3. The van der Waals surface area contributed by atoms with Crippen LogP contribution in [-0.2, 0) is 6.42 Å². The molecule has 0 aliphatic heterocycles. The number of nitro benzene ring substituents is 1. The summed E-state index contributed by atoms with van der Waals surface area (Å²) in [6.07, 6.45) is 0.442. The Morgan fingerprint density at radius 2 is 2.08 bits per heavy atom. The topological polar surface area (TPSA) is 107 Å². The highest BCUT2D eigenvalue weighted by Crippen LogP contribution is 2.20. The fraction of sp³-hybridized carbons (Fsp3) is 0.188. The SMILES string of the molecule is COc1cc(CCNC(=O)c2cc([N+](=O)[O-])ccc2N)ccc1F. The van der Waals surface area contributed by atoms with Crippen LogP contribution in [-0.4, -0.2) is 24.5 Å². The molecule has 24 heavy (non-hydrogen) atoms. The molecule has 0 aromatic heterocycles. The van der Waals surface area contributed by atoms with Crippen molar-refractivity contribution in [2.75, 3.05) is 19.4 Å². The molecule has 0 atom stereocenters. The van der Waals surface area contributed by atoms with Gasteiger partial charge in [-0.15, -0.1) is 0 Å². The maximum Gasteiger partial charge on any atom is 0.270 e. The monoisotopic (exact) mass is 333 g/mol. The van der Waals surface area contributed by atoms with Gasteiger partial charge in [0.05, 0.1) is 17.6 Å². The normalized spacial score (nSPS) is 10.2. The molecule has 0 unspecified atom stereocenters. The Morgan fingerprint density at radius 3 is 2.75 bits per heavy atom. The fourth-order valence-electron chi connectivity index (χ4n) is 2.13. The van der Waals surface area contributed by atoms with Crippen LogP contribution in [0.4, 0.5) is 15.8 Å². The number of hydrogen-bond donors (Lipinski definition) is 2. The number of ether oxygens (including phenoxy) is 1. The van der Waals surface area contributed by atoms with Crippen LogP contribution in [0.1, 0.15) is 15.9 Å². The number of nitro groups is 1. The number of nitrogens with zero attached hydrogens (tertiary/aromatic N) is 1. The van der Waals surface area contributed by atoms with Crippen molar-refractivity contribution >= 4 is 17.3 Å². The van der Waals surface area contributed by atoms with Gasteiger partial charge in [0, 0.05) is 24.4 Å². The molecule has 8 heteroatoms. The van der Waals surface area contributed by atoms with Crippen molar-refractivity contribution in [1.82, 2.24) is 5.32 Å². The molecule has 0 fully saturated rings. The summed E-state index contributed by atoms with van der Waals surface area (Å²) in [6.45, 7) is 0.260. The molecule has 0 saturated carbocycles. The highest BCUT2D eigenvalue weighted by molar-refractivity contribution is 5.99. The van der Waals surface area contributed by atoms with Gasteiger partial charge in [0.25, 0.3) is 11.6 Å². The summed E-state index contributed by atoms with van der Waals surface area (Å²) >= 11 is 0. The lowest BCUT2D eigenvalue weighted by Gasteiger charge is -2.09. The highest BCUT2D eigenvalue weighted by Gasteiger charge is 2.15. The van der Waals surface area contributed by atoms with Gasteiger partial charge in [0.1, 0.15) is 0 Å². The van der Waals surface area contributed by atoms with E-state index in [1.807, 2.05) is 0 Å². The summed E-state index contributed by atoms with van der Waals surface area (Å²) in [4.78, 5) is 22.3. The van der Waals surface area contributed by atoms with Gasteiger partial charge >= 0.3 is 0 Å². The Hall–Kier alpha value is -3.16. The second-order valence-electron chi connectivity index (χ2n) is 5.00. The van der Waals surface area contributed by atoms with Crippen LogP contribution >= 0.6 is 0 Å². The number of amides is 1. The number of nitrogens with two attached hydrogens (primary N) is 1. The fourth-order valence-corrected chi connectivity index (χ4v) is 2.13. The van der Waals surface area contributed by atoms with E-state index in [0.29, 0.717) is 6.42 Å². The first kappa shape index (κ1) is 17.2. The summed E-state index contributed by atoms with van der Waals surface area (Å²) in [5.74, 6) is -0.846. The van der Waals surface area contributed by atoms with Gasteiger partial charge in [-0.25, -0.2) is 4.39 Å². The zero-order valence-electron chi connectivity index (χ0n) is 12.9. The van der Waals surface area contributed by atoms with Crippen molar-refractivity contribution < 1.29 is 18.8 Å². The van der Waals surface area contributed by atoms with Gasteiger partial charge in [-0.3, -0.25) is 14.9 Å². The van der Waals surface area contributed by atoms with E-state index in [0.717, 1.165) is 11.6 Å². The third-order valence-electron chi connectivity index (χ3n) is 3.41. The molecule has 2 aromatic rings. The van der Waals surface area contributed by atoms with Crippen LogP contribution in [0, 0.1) is 15.9 Å². The molecular weight excluding hydrogens is 317 g/mol. The third kappa shape index (κ3) is 3.97. The van der Waals surface area contributed by atoms with Crippen LogP contribution in [0.5, 0.6) is 5.75 Å². The molecule has 0 aliphatic carbocycles. The minimum absolute atomic E-state index is 0.0425. The minimum atomic E-state index is -0.596. The zero-order valence-corrected chi connectivity index (χ0v) is 12.9. The Morgan fingerprint density at radius 1 is 1.33 bits per heavy atom. The second-order valence-corrected chi connectivity index (χ2v) is 5.00. The number of non-ortho nitro benzene ring substituents is 1. The zero-order chi connectivity index (χ0) is 17.7. The molecule has 0 spiro atoms. The van der Waals surface area contributed by atoms with Crippen LogP contribution in [0.2, 0.25) is 0 Å². The largest absolute Gasteiger partial charge is 0.494 e. The molecule has 7 nitrogen and oxygen atoms in total. The van der Waals surface area contributed by atoms with E-state index in [-0.39, 0.29) is 29.2 Å². The number of nitrogens with one attached hydrogen (secondary N) is 1. The van der Waals surface area contributed by atoms with E-state index in [1.165, 1.54) is 25.3 Å². The number of halogens is 1.